The zero-order valence-electron chi connectivity index (χ0n) is 20.1. The molecule has 0 amide bonds. The first kappa shape index (κ1) is 25.5. The van der Waals surface area contributed by atoms with Gasteiger partial charge in [-0.2, -0.15) is 0 Å². The third kappa shape index (κ3) is 6.20. The predicted octanol–water partition coefficient (Wildman–Crippen LogP) is 8.39. The van der Waals surface area contributed by atoms with E-state index in [0.717, 1.165) is 29.0 Å². The summed E-state index contributed by atoms with van der Waals surface area (Å²) < 4.78 is 1.34. The lowest BCUT2D eigenvalue weighted by atomic mass is 9.62. The van der Waals surface area contributed by atoms with Crippen LogP contribution in [0.25, 0.3) is 0 Å². The number of fused-ring (bicyclic) bond motifs is 1. The van der Waals surface area contributed by atoms with Crippen molar-refractivity contribution in [1.29, 1.82) is 0 Å². The molecule has 0 aromatic rings. The molecule has 2 nitrogen and oxygen atoms in total. The molecule has 0 fully saturated rings. The van der Waals surface area contributed by atoms with E-state index in [0.29, 0.717) is 0 Å². The third-order valence-electron chi connectivity index (χ3n) is 6.24. The molecule has 1 unspecified atom stereocenters. The van der Waals surface area contributed by atoms with Crippen molar-refractivity contribution in [3.8, 4) is 0 Å². The summed E-state index contributed by atoms with van der Waals surface area (Å²) in [6, 6.07) is 0. The maximum atomic E-state index is 10.7. The van der Waals surface area contributed by atoms with Crippen molar-refractivity contribution in [1.82, 2.24) is 0 Å². The Morgan fingerprint density at radius 1 is 0.966 bits per heavy atom. The molecule has 1 heterocycles. The van der Waals surface area contributed by atoms with Gasteiger partial charge in [0.25, 0.3) is 5.70 Å². The minimum Gasteiger partial charge on any atom is -0.284 e. The van der Waals surface area contributed by atoms with Gasteiger partial charge in [-0.3, -0.25) is 5.21 Å². The van der Waals surface area contributed by atoms with Gasteiger partial charge in [0, 0.05) is 10.8 Å². The first-order valence-electron chi connectivity index (χ1n) is 11.9. The third-order valence-corrected chi connectivity index (χ3v) is 6.24. The van der Waals surface area contributed by atoms with Crippen LogP contribution in [0.4, 0.5) is 0 Å². The van der Waals surface area contributed by atoms with Gasteiger partial charge in [-0.25, -0.2) is 0 Å². The molecule has 2 heteroatoms. The van der Waals surface area contributed by atoms with Gasteiger partial charge in [0.2, 0.25) is 5.71 Å². The standard InChI is InChI=1S/C25H40NO.C2H6/c1-7-10-11-12-13-14-15-16-17-25(6)18-21-20(8-2)22(9-3)26(27)23(21)24(4,5)19-25;1-2/h8-9,18,27H,2-3,7,10-17,19H2,1,4-6H3;1-2H3/q+1;. The van der Waals surface area contributed by atoms with Crippen LogP contribution in [0.3, 0.4) is 0 Å². The van der Waals surface area contributed by atoms with E-state index >= 15 is 0 Å². The summed E-state index contributed by atoms with van der Waals surface area (Å²) in [5, 5.41) is 10.7. The highest BCUT2D eigenvalue weighted by molar-refractivity contribution is 6.07. The molecule has 2 aliphatic rings. The Morgan fingerprint density at radius 3 is 2.03 bits per heavy atom. The highest BCUT2D eigenvalue weighted by Crippen LogP contribution is 2.49. The second-order valence-corrected chi connectivity index (χ2v) is 9.37. The van der Waals surface area contributed by atoms with Crippen molar-refractivity contribution in [2.45, 2.75) is 106 Å². The van der Waals surface area contributed by atoms with Gasteiger partial charge in [-0.1, -0.05) is 104 Å². The summed E-state index contributed by atoms with van der Waals surface area (Å²) in [6.45, 7) is 21.0. The molecule has 1 aliphatic carbocycles. The second-order valence-electron chi connectivity index (χ2n) is 9.37. The fourth-order valence-corrected chi connectivity index (χ4v) is 5.14. The number of hydrogen-bond donors (Lipinski definition) is 1. The van der Waals surface area contributed by atoms with E-state index in [-0.39, 0.29) is 10.8 Å². The zero-order chi connectivity index (χ0) is 22.1. The fraction of sp³-hybridized carbons (Fsp3) is 0.667. The molecule has 29 heavy (non-hydrogen) atoms. The predicted molar refractivity (Wildman–Crippen MR) is 128 cm³/mol. The fourth-order valence-electron chi connectivity index (χ4n) is 5.14. The quantitative estimate of drug-likeness (QED) is 0.210. The van der Waals surface area contributed by atoms with Gasteiger partial charge in [-0.05, 0) is 32.1 Å². The molecule has 0 radical (unpaired) electrons. The Bertz CT molecular complexity index is 662. The largest absolute Gasteiger partial charge is 0.284 e. The summed E-state index contributed by atoms with van der Waals surface area (Å²) in [4.78, 5) is 0. The van der Waals surface area contributed by atoms with Crippen LogP contribution in [0.5, 0.6) is 0 Å². The van der Waals surface area contributed by atoms with E-state index < -0.39 is 0 Å². The van der Waals surface area contributed by atoms with Gasteiger partial charge in [0.05, 0.1) is 16.6 Å². The van der Waals surface area contributed by atoms with E-state index in [4.69, 9.17) is 0 Å². The van der Waals surface area contributed by atoms with Crippen LogP contribution >= 0.6 is 0 Å². The molecular weight excluding hydrogens is 354 g/mol. The number of hydroxylamine groups is 1. The molecule has 1 aliphatic heterocycles. The molecule has 2 rings (SSSR count). The van der Waals surface area contributed by atoms with Crippen molar-refractivity contribution in [2.24, 2.45) is 10.8 Å². The number of rotatable bonds is 11. The van der Waals surface area contributed by atoms with Gasteiger partial charge >= 0.3 is 0 Å². The Labute approximate surface area is 180 Å². The van der Waals surface area contributed by atoms with Gasteiger partial charge in [-0.15, -0.1) is 0 Å². The highest BCUT2D eigenvalue weighted by atomic mass is 16.5. The molecule has 1 N–H and O–H groups in total. The lowest BCUT2D eigenvalue weighted by Gasteiger charge is -2.38. The number of unbranched alkanes of at least 4 members (excludes halogenated alkanes) is 7. The van der Waals surface area contributed by atoms with Crippen LogP contribution in [0.1, 0.15) is 106 Å². The first-order valence-corrected chi connectivity index (χ1v) is 11.9. The molecule has 0 aromatic carbocycles. The first-order chi connectivity index (χ1) is 13.8. The van der Waals surface area contributed by atoms with Crippen LogP contribution in [-0.2, 0) is 0 Å². The molecule has 1 atom stereocenters. The monoisotopic (exact) mass is 400 g/mol. The maximum absolute atomic E-state index is 10.7. The van der Waals surface area contributed by atoms with Crippen molar-refractivity contribution >= 4 is 5.71 Å². The van der Waals surface area contributed by atoms with Crippen LogP contribution in [0.2, 0.25) is 0 Å². The van der Waals surface area contributed by atoms with E-state index in [1.54, 1.807) is 6.08 Å². The summed E-state index contributed by atoms with van der Waals surface area (Å²) in [5.41, 5.74) is 4.01. The molecule has 0 saturated carbocycles. The van der Waals surface area contributed by atoms with Gasteiger partial charge in [0.1, 0.15) is 0 Å². The molecule has 164 valence electrons. The normalized spacial score (nSPS) is 22.6. The number of nitrogens with zero attached hydrogens (tertiary/aromatic N) is 1. The summed E-state index contributed by atoms with van der Waals surface area (Å²) in [5.74, 6) is 0. The van der Waals surface area contributed by atoms with E-state index in [1.165, 1.54) is 62.5 Å². The van der Waals surface area contributed by atoms with Crippen LogP contribution in [-0.4, -0.2) is 15.7 Å². The zero-order valence-corrected chi connectivity index (χ0v) is 20.1. The topological polar surface area (TPSA) is 23.2 Å². The SMILES string of the molecule is C=CC1=C(C=C)[N+](O)=C2C1=CC(C)(CCCCCCCCCC)CC2(C)C.CC. The molecule has 0 spiro atoms. The van der Waals surface area contributed by atoms with Gasteiger partial charge < -0.3 is 0 Å². The van der Waals surface area contributed by atoms with Crippen molar-refractivity contribution < 1.29 is 9.95 Å². The smallest absolute Gasteiger partial charge is 0.265 e. The van der Waals surface area contributed by atoms with Crippen molar-refractivity contribution in [3.05, 3.63) is 48.2 Å². The lowest BCUT2D eigenvalue weighted by molar-refractivity contribution is -0.735. The summed E-state index contributed by atoms with van der Waals surface area (Å²) in [7, 11) is 0. The number of hydrogen-bond acceptors (Lipinski definition) is 1. The van der Waals surface area contributed by atoms with E-state index in [2.05, 4.69) is 46.9 Å². The molecule has 0 saturated heterocycles. The van der Waals surface area contributed by atoms with Gasteiger partial charge in [0.15, 0.2) is 0 Å². The Kier molecular flexibility index (Phi) is 10.2. The van der Waals surface area contributed by atoms with Crippen LogP contribution in [0.15, 0.2) is 48.2 Å². The summed E-state index contributed by atoms with van der Waals surface area (Å²) in [6.07, 6.45) is 19.1. The molecule has 0 aromatic heterocycles. The average molecular weight is 401 g/mol. The van der Waals surface area contributed by atoms with E-state index in [9.17, 15) is 5.21 Å². The van der Waals surface area contributed by atoms with Crippen molar-refractivity contribution in [3.63, 3.8) is 0 Å². The second kappa shape index (κ2) is 11.6. The Balaban J connectivity index is 0.00000204. The Hall–Kier alpha value is -1.57. The van der Waals surface area contributed by atoms with E-state index in [1.807, 2.05) is 19.9 Å². The summed E-state index contributed by atoms with van der Waals surface area (Å²) >= 11 is 0. The minimum atomic E-state index is -0.0766. The maximum Gasteiger partial charge on any atom is 0.265 e. The van der Waals surface area contributed by atoms with Crippen molar-refractivity contribution in [2.75, 3.05) is 0 Å². The molecule has 0 bridgehead atoms. The number of allylic oxidation sites excluding steroid dienone is 5. The lowest BCUT2D eigenvalue weighted by Crippen LogP contribution is -2.39. The average Bonchev–Trinajstić information content (AvgIpc) is 2.95. The van der Waals surface area contributed by atoms with Crippen LogP contribution in [0, 0.1) is 10.8 Å². The Morgan fingerprint density at radius 2 is 1.52 bits per heavy atom. The minimum absolute atomic E-state index is 0.0766. The van der Waals surface area contributed by atoms with Crippen LogP contribution < -0.4 is 0 Å². The molecular formula is C27H46NO+. The highest BCUT2D eigenvalue weighted by Gasteiger charge is 2.51.